The number of anilines is 3. The Morgan fingerprint density at radius 1 is 1.09 bits per heavy atom. The molecule has 0 aliphatic carbocycles. The molecule has 3 rings (SSSR count). The molecule has 0 radical (unpaired) electrons. The summed E-state index contributed by atoms with van der Waals surface area (Å²) >= 11 is 0. The Morgan fingerprint density at radius 2 is 1.76 bits per heavy atom. The van der Waals surface area contributed by atoms with E-state index in [1.54, 1.807) is 32.2 Å². The Kier molecular flexibility index (Phi) is 8.32. The van der Waals surface area contributed by atoms with Crippen molar-refractivity contribution in [1.82, 2.24) is 25.3 Å². The number of hydrogen-bond donors (Lipinski definition) is 3. The van der Waals surface area contributed by atoms with Gasteiger partial charge in [0.15, 0.2) is 17.0 Å². The van der Waals surface area contributed by atoms with Crippen molar-refractivity contribution >= 4 is 42.1 Å². The second-order valence-corrected chi connectivity index (χ2v) is 9.51. The lowest BCUT2D eigenvalue weighted by atomic mass is 10.2. The zero-order valence-corrected chi connectivity index (χ0v) is 20.3. The van der Waals surface area contributed by atoms with E-state index < -0.39 is 7.60 Å². The quantitative estimate of drug-likeness (QED) is 0.338. The Balaban J connectivity index is 1.59. The average Bonchev–Trinajstić information content (AvgIpc) is 2.79. The van der Waals surface area contributed by atoms with Crippen molar-refractivity contribution < 1.29 is 18.4 Å². The van der Waals surface area contributed by atoms with Crippen molar-refractivity contribution in [2.75, 3.05) is 49.3 Å². The normalized spacial score (nSPS) is 11.5. The van der Waals surface area contributed by atoms with E-state index in [0.717, 1.165) is 5.69 Å². The van der Waals surface area contributed by atoms with Crippen molar-refractivity contribution in [3.8, 4) is 0 Å². The lowest BCUT2D eigenvalue weighted by molar-refractivity contribution is 0.0955. The molecule has 0 unspecified atom stereocenters. The predicted molar refractivity (Wildman–Crippen MR) is 131 cm³/mol. The molecule has 5 N–H and O–H groups in total. The van der Waals surface area contributed by atoms with E-state index in [-0.39, 0.29) is 43.6 Å². The number of fused-ring (bicyclic) bond motifs is 1. The highest BCUT2D eigenvalue weighted by Crippen LogP contribution is 2.47. The van der Waals surface area contributed by atoms with Gasteiger partial charge in [-0.1, -0.05) is 0 Å². The summed E-state index contributed by atoms with van der Waals surface area (Å²) in [6.45, 7) is 4.67. The minimum Gasteiger partial charge on any atom is -0.382 e. The minimum absolute atomic E-state index is 0.0471. The number of carbonyl (C=O) groups excluding carboxylic acids is 1. The Hall–Kier alpha value is -3.34. The lowest BCUT2D eigenvalue weighted by Crippen LogP contribution is -2.27. The van der Waals surface area contributed by atoms with Crippen molar-refractivity contribution in [2.45, 2.75) is 20.4 Å². The lowest BCUT2D eigenvalue weighted by Gasteiger charge is -2.19. The number of carbonyl (C=O) groups is 1. The van der Waals surface area contributed by atoms with Gasteiger partial charge in [0.05, 0.1) is 37.8 Å². The van der Waals surface area contributed by atoms with Crippen LogP contribution in [0.1, 0.15) is 29.9 Å². The first kappa shape index (κ1) is 25.3. The maximum Gasteiger partial charge on any atom is 0.332 e. The number of hydrogen-bond acceptors (Lipinski definition) is 11. The van der Waals surface area contributed by atoms with Gasteiger partial charge in [0.1, 0.15) is 0 Å². The molecule has 3 aromatic rings. The average molecular weight is 488 g/mol. The molecular formula is C21H29N8O4P. The third-order valence-corrected chi connectivity index (χ3v) is 6.87. The molecule has 2 aromatic heterocycles. The summed E-state index contributed by atoms with van der Waals surface area (Å²) in [5, 5.41) is 2.75. The van der Waals surface area contributed by atoms with E-state index in [2.05, 4.69) is 25.3 Å². The fraction of sp³-hybridized carbons (Fsp3) is 0.381. The van der Waals surface area contributed by atoms with Gasteiger partial charge in [-0.2, -0.15) is 9.97 Å². The molecular weight excluding hydrogens is 459 g/mol. The van der Waals surface area contributed by atoms with E-state index in [9.17, 15) is 9.36 Å². The zero-order chi connectivity index (χ0) is 24.7. The van der Waals surface area contributed by atoms with Crippen LogP contribution in [0.25, 0.3) is 11.2 Å². The van der Waals surface area contributed by atoms with Crippen LogP contribution in [0.15, 0.2) is 30.5 Å². The molecule has 0 saturated carbocycles. The number of amides is 1. The Morgan fingerprint density at radius 3 is 2.41 bits per heavy atom. The molecule has 1 amide bonds. The first-order valence-corrected chi connectivity index (χ1v) is 12.5. The van der Waals surface area contributed by atoms with Gasteiger partial charge in [-0.05, 0) is 38.1 Å². The second-order valence-electron chi connectivity index (χ2n) is 7.33. The summed E-state index contributed by atoms with van der Waals surface area (Å²) in [5.41, 5.74) is 14.2. The van der Waals surface area contributed by atoms with Gasteiger partial charge in [-0.3, -0.25) is 9.36 Å². The number of rotatable bonds is 11. The van der Waals surface area contributed by atoms with Crippen LogP contribution >= 0.6 is 7.60 Å². The molecule has 0 atom stereocenters. The monoisotopic (exact) mass is 488 g/mol. The maximum absolute atomic E-state index is 12.5. The zero-order valence-electron chi connectivity index (χ0n) is 19.4. The molecule has 12 nitrogen and oxygen atoms in total. The molecule has 0 spiro atoms. The van der Waals surface area contributed by atoms with Crippen LogP contribution in [0.4, 0.5) is 17.5 Å². The molecule has 0 aliphatic rings. The summed E-state index contributed by atoms with van der Waals surface area (Å²) in [4.78, 5) is 31.1. The molecule has 0 fully saturated rings. The molecule has 182 valence electrons. The third-order valence-electron chi connectivity index (χ3n) is 4.79. The van der Waals surface area contributed by atoms with Crippen LogP contribution in [0.2, 0.25) is 0 Å². The number of aromatic nitrogens is 4. The van der Waals surface area contributed by atoms with E-state index in [1.807, 2.05) is 24.1 Å². The van der Waals surface area contributed by atoms with Crippen LogP contribution in [0, 0.1) is 0 Å². The van der Waals surface area contributed by atoms with E-state index in [0.29, 0.717) is 29.0 Å². The largest absolute Gasteiger partial charge is 0.382 e. The molecule has 0 saturated heterocycles. The van der Waals surface area contributed by atoms with Gasteiger partial charge in [-0.15, -0.1) is 0 Å². The minimum atomic E-state index is -3.20. The molecule has 13 heteroatoms. The number of benzene rings is 1. The van der Waals surface area contributed by atoms with E-state index in [4.69, 9.17) is 20.5 Å². The summed E-state index contributed by atoms with van der Waals surface area (Å²) < 4.78 is 22.9. The molecule has 34 heavy (non-hydrogen) atoms. The highest BCUT2D eigenvalue weighted by atomic mass is 31.2. The molecule has 0 bridgehead atoms. The molecule has 0 aliphatic heterocycles. The molecule has 2 heterocycles. The standard InChI is InChI=1S/C21H29N8O4P/c1-4-32-34(31,33-5-2)11-10-24-20(30)14-6-8-16(9-7-14)29(3)13-15-12-25-19-17(26-15)18(22)27-21(23)28-19/h6-9,12H,4-5,10-11,13H2,1-3H3,(H,24,30)(H4,22,23,25,27,28). The fourth-order valence-corrected chi connectivity index (χ4v) is 4.73. The van der Waals surface area contributed by atoms with Gasteiger partial charge >= 0.3 is 7.60 Å². The Bertz CT molecular complexity index is 1180. The predicted octanol–water partition coefficient (Wildman–Crippen LogP) is 2.22. The van der Waals surface area contributed by atoms with E-state index in [1.165, 1.54) is 0 Å². The summed E-state index contributed by atoms with van der Waals surface area (Å²) in [6.07, 6.45) is 1.71. The number of nitrogen functional groups attached to an aromatic ring is 2. The second kappa shape index (κ2) is 11.2. The van der Waals surface area contributed by atoms with Gasteiger partial charge < -0.3 is 30.7 Å². The molecule has 1 aromatic carbocycles. The topological polar surface area (TPSA) is 171 Å². The first-order chi connectivity index (χ1) is 16.2. The SMILES string of the molecule is CCOP(=O)(CCNC(=O)c1ccc(N(C)Cc2cnc3nc(N)nc(N)c3n2)cc1)OCC. The van der Waals surface area contributed by atoms with Crippen LogP contribution in [-0.4, -0.2) is 58.8 Å². The number of nitrogens with zero attached hydrogens (tertiary/aromatic N) is 5. The van der Waals surface area contributed by atoms with Crippen LogP contribution in [0.5, 0.6) is 0 Å². The number of nitrogens with one attached hydrogen (secondary N) is 1. The van der Waals surface area contributed by atoms with E-state index >= 15 is 0 Å². The van der Waals surface area contributed by atoms with Gasteiger partial charge in [-0.25, -0.2) is 9.97 Å². The Labute approximate surface area is 197 Å². The van der Waals surface area contributed by atoms with Gasteiger partial charge in [0.25, 0.3) is 5.91 Å². The van der Waals surface area contributed by atoms with Crippen LogP contribution < -0.4 is 21.7 Å². The van der Waals surface area contributed by atoms with Crippen LogP contribution in [0.3, 0.4) is 0 Å². The summed E-state index contributed by atoms with van der Waals surface area (Å²) in [5.74, 6) is -0.0523. The van der Waals surface area contributed by atoms with Gasteiger partial charge in [0.2, 0.25) is 5.95 Å². The van der Waals surface area contributed by atoms with Gasteiger partial charge in [0, 0.05) is 24.8 Å². The van der Waals surface area contributed by atoms with Crippen LogP contribution in [-0.2, 0) is 20.2 Å². The summed E-state index contributed by atoms with van der Waals surface area (Å²) in [6, 6.07) is 7.08. The third kappa shape index (κ3) is 6.37. The van der Waals surface area contributed by atoms with Crippen molar-refractivity contribution in [3.05, 3.63) is 41.7 Å². The number of nitrogens with two attached hydrogens (primary N) is 2. The highest BCUT2D eigenvalue weighted by Gasteiger charge is 2.23. The fourth-order valence-electron chi connectivity index (χ4n) is 3.23. The van der Waals surface area contributed by atoms with Crippen molar-refractivity contribution in [2.24, 2.45) is 0 Å². The smallest absolute Gasteiger partial charge is 0.332 e. The maximum atomic E-state index is 12.5. The highest BCUT2D eigenvalue weighted by molar-refractivity contribution is 7.53. The van der Waals surface area contributed by atoms with Crippen molar-refractivity contribution in [1.29, 1.82) is 0 Å². The summed E-state index contributed by atoms with van der Waals surface area (Å²) in [7, 11) is -1.31. The first-order valence-electron chi connectivity index (χ1n) is 10.8. The van der Waals surface area contributed by atoms with Crippen molar-refractivity contribution in [3.63, 3.8) is 0 Å².